The minimum Gasteiger partial charge on any atom is -0.456 e. The molecule has 4 aliphatic rings. The summed E-state index contributed by atoms with van der Waals surface area (Å²) in [7, 11) is 6.90. The molecule has 4 heterocycles. The van der Waals surface area contributed by atoms with Gasteiger partial charge in [-0.3, -0.25) is 14.4 Å². The third-order valence-corrected chi connectivity index (χ3v) is 15.0. The van der Waals surface area contributed by atoms with Crippen molar-refractivity contribution in [2.24, 2.45) is 30.7 Å². The van der Waals surface area contributed by atoms with Crippen LogP contribution < -0.4 is 5.32 Å². The van der Waals surface area contributed by atoms with E-state index in [1.165, 1.54) is 4.90 Å². The van der Waals surface area contributed by atoms with Gasteiger partial charge in [-0.15, -0.1) is 0 Å². The number of benzene rings is 1. The number of aromatic nitrogens is 1. The zero-order chi connectivity index (χ0) is 47.2. The normalized spacial score (nSPS) is 36.3. The topological polar surface area (TPSA) is 155 Å². The molecule has 13 heteroatoms. The molecule has 12 unspecified atom stereocenters. The van der Waals surface area contributed by atoms with E-state index in [2.05, 4.69) is 53.2 Å². The van der Waals surface area contributed by atoms with Crippen molar-refractivity contribution in [2.75, 3.05) is 33.2 Å². The number of ether oxygens (including phenoxy) is 5. The number of nitrogens with zero attached hydrogens (tertiary/aromatic N) is 2. The lowest BCUT2D eigenvalue weighted by molar-refractivity contribution is -0.302. The van der Waals surface area contributed by atoms with Crippen LogP contribution in [0.5, 0.6) is 0 Å². The number of esters is 1. The number of amides is 1. The smallest absolute Gasteiger partial charge is 0.329 e. The van der Waals surface area contributed by atoms with E-state index < -0.39 is 65.4 Å². The molecule has 1 aromatic carbocycles. The first-order valence-corrected chi connectivity index (χ1v) is 24.2. The Balaban J connectivity index is 1.39. The number of piperidine rings is 1. The largest absolute Gasteiger partial charge is 0.456 e. The van der Waals surface area contributed by atoms with Gasteiger partial charge >= 0.3 is 5.97 Å². The van der Waals surface area contributed by atoms with Crippen molar-refractivity contribution in [2.45, 2.75) is 173 Å². The third kappa shape index (κ3) is 11.5. The van der Waals surface area contributed by atoms with Gasteiger partial charge in [0.2, 0.25) is 5.79 Å². The maximum Gasteiger partial charge on any atom is 0.329 e. The number of nitrogens with one attached hydrogen (secondary N) is 1. The predicted octanol–water partition coefficient (Wildman–Crippen LogP) is 8.26. The number of carbonyl (C=O) groups excluding carboxylic acids is 4. The van der Waals surface area contributed by atoms with Gasteiger partial charge in [0.25, 0.3) is 11.7 Å². The van der Waals surface area contributed by atoms with E-state index in [0.717, 1.165) is 47.0 Å². The second-order valence-electron chi connectivity index (χ2n) is 20.0. The fraction of sp³-hybridized carbons (Fsp3) is 0.692. The van der Waals surface area contributed by atoms with Gasteiger partial charge in [0.15, 0.2) is 0 Å². The van der Waals surface area contributed by atoms with Gasteiger partial charge in [-0.1, -0.05) is 45.4 Å². The molecule has 3 fully saturated rings. The van der Waals surface area contributed by atoms with Gasteiger partial charge < -0.3 is 43.6 Å². The van der Waals surface area contributed by atoms with E-state index in [1.807, 2.05) is 40.9 Å². The number of fused-ring (bicyclic) bond motifs is 4. The number of aliphatic hydroxyl groups is 1. The summed E-state index contributed by atoms with van der Waals surface area (Å²) in [4.78, 5) is 59.0. The number of allylic oxidation sites excluding steroid dienone is 2. The van der Waals surface area contributed by atoms with E-state index in [0.29, 0.717) is 57.8 Å². The summed E-state index contributed by atoms with van der Waals surface area (Å²) in [5.41, 5.74) is 3.46. The number of hydrogen-bond donors (Lipinski definition) is 2. The van der Waals surface area contributed by atoms with E-state index >= 15 is 0 Å². The first kappa shape index (κ1) is 50.5. The van der Waals surface area contributed by atoms with Crippen molar-refractivity contribution in [1.29, 1.82) is 0 Å². The van der Waals surface area contributed by atoms with E-state index in [9.17, 15) is 24.3 Å². The standard InChI is InChI=1S/C52H77N3O10/c1-11-37-26-32(2)25-33(3)27-44(62-9)47-45(63-10)28-36(6)52(60,65-47)48(57)49(58)55-23-13-12-16-42(55)50(59)64-46(34(4)17-20-43(37)56)35(5)30-51(22-14-15-40(31-51)61-8)53-39-18-19-41-38(29-39)21-24-54(41)7/h18-19,21,24,26,29-30,33-34,36-37,40,42,44-47,53,60H,11-17,20,22-23,25,27-28,31H2,1-10H3/b32-26+,35-30?. The molecule has 3 aliphatic heterocycles. The summed E-state index contributed by atoms with van der Waals surface area (Å²) >= 11 is 0. The first-order valence-electron chi connectivity index (χ1n) is 24.2. The molecular formula is C52H77N3O10. The molecule has 0 spiro atoms. The van der Waals surface area contributed by atoms with Crippen LogP contribution >= 0.6 is 0 Å². The predicted molar refractivity (Wildman–Crippen MR) is 251 cm³/mol. The van der Waals surface area contributed by atoms with Crippen molar-refractivity contribution in [1.82, 2.24) is 9.47 Å². The molecule has 2 N–H and O–H groups in total. The highest BCUT2D eigenvalue weighted by atomic mass is 16.7. The Morgan fingerprint density at radius 1 is 0.969 bits per heavy atom. The van der Waals surface area contributed by atoms with Crippen LogP contribution in [-0.2, 0) is 49.9 Å². The van der Waals surface area contributed by atoms with Gasteiger partial charge in [0.1, 0.15) is 24.0 Å². The van der Waals surface area contributed by atoms with Crippen molar-refractivity contribution in [3.05, 3.63) is 53.8 Å². The van der Waals surface area contributed by atoms with Gasteiger partial charge in [-0.25, -0.2) is 4.79 Å². The van der Waals surface area contributed by atoms with Crippen LogP contribution in [0.2, 0.25) is 0 Å². The molecule has 0 radical (unpaired) electrons. The number of Topliss-reactive ketones (excluding diaryl/α,β-unsaturated/α-hetero) is 2. The minimum atomic E-state index is -2.48. The number of anilines is 1. The monoisotopic (exact) mass is 904 g/mol. The molecule has 360 valence electrons. The fourth-order valence-electron chi connectivity index (χ4n) is 11.3. The highest BCUT2D eigenvalue weighted by molar-refractivity contribution is 6.39. The maximum absolute atomic E-state index is 14.7. The number of carbonyl (C=O) groups is 4. The molecular weight excluding hydrogens is 827 g/mol. The Bertz CT molecular complexity index is 2060. The molecule has 6 rings (SSSR count). The molecule has 2 saturated heterocycles. The van der Waals surface area contributed by atoms with Crippen LogP contribution in [0.1, 0.15) is 125 Å². The zero-order valence-corrected chi connectivity index (χ0v) is 40.7. The van der Waals surface area contributed by atoms with Crippen molar-refractivity contribution < 1.29 is 48.0 Å². The zero-order valence-electron chi connectivity index (χ0n) is 40.7. The second kappa shape index (κ2) is 21.8. The molecule has 1 aliphatic carbocycles. The van der Waals surface area contributed by atoms with E-state index in [-0.39, 0.29) is 42.6 Å². The molecule has 65 heavy (non-hydrogen) atoms. The molecule has 2 bridgehead atoms. The van der Waals surface area contributed by atoms with Crippen molar-refractivity contribution in [3.8, 4) is 0 Å². The lowest BCUT2D eigenvalue weighted by Crippen LogP contribution is -2.64. The summed E-state index contributed by atoms with van der Waals surface area (Å²) in [6.07, 6.45) is 11.4. The minimum absolute atomic E-state index is 0.00740. The highest BCUT2D eigenvalue weighted by Crippen LogP contribution is 2.40. The Kier molecular flexibility index (Phi) is 17.0. The van der Waals surface area contributed by atoms with Gasteiger partial charge in [-0.05, 0) is 126 Å². The van der Waals surface area contributed by atoms with Crippen molar-refractivity contribution >= 4 is 40.0 Å². The number of ketones is 2. The Morgan fingerprint density at radius 2 is 1.71 bits per heavy atom. The summed E-state index contributed by atoms with van der Waals surface area (Å²) in [5, 5.41) is 17.2. The average Bonchev–Trinajstić information content (AvgIpc) is 3.66. The molecule has 13 nitrogen and oxygen atoms in total. The van der Waals surface area contributed by atoms with Crippen LogP contribution in [0.15, 0.2) is 53.8 Å². The summed E-state index contributed by atoms with van der Waals surface area (Å²) in [5.74, 6) is -6.33. The lowest BCUT2D eigenvalue weighted by Gasteiger charge is -2.47. The van der Waals surface area contributed by atoms with Crippen LogP contribution in [0.25, 0.3) is 10.9 Å². The Labute approximate surface area is 387 Å². The summed E-state index contributed by atoms with van der Waals surface area (Å²) in [6.45, 7) is 12.0. The third-order valence-electron chi connectivity index (χ3n) is 15.0. The van der Waals surface area contributed by atoms with Crippen LogP contribution in [0.3, 0.4) is 0 Å². The summed E-state index contributed by atoms with van der Waals surface area (Å²) < 4.78 is 32.8. The van der Waals surface area contributed by atoms with Crippen molar-refractivity contribution in [3.63, 3.8) is 0 Å². The molecule has 2 aromatic rings. The van der Waals surface area contributed by atoms with Gasteiger partial charge in [0, 0.05) is 82.4 Å². The lowest BCUT2D eigenvalue weighted by atomic mass is 9.77. The molecule has 1 saturated carbocycles. The molecule has 1 aromatic heterocycles. The highest BCUT2D eigenvalue weighted by Gasteiger charge is 2.56. The number of hydrogen-bond acceptors (Lipinski definition) is 11. The quantitative estimate of drug-likeness (QED) is 0.150. The van der Waals surface area contributed by atoms with Crippen LogP contribution in [0, 0.1) is 23.7 Å². The first-order chi connectivity index (χ1) is 31.0. The van der Waals surface area contributed by atoms with E-state index in [4.69, 9.17) is 23.7 Å². The number of cyclic esters (lactones) is 1. The molecule has 12 atom stereocenters. The average molecular weight is 904 g/mol. The van der Waals surface area contributed by atoms with Gasteiger partial charge in [-0.2, -0.15) is 0 Å². The number of rotatable bonds is 8. The Morgan fingerprint density at radius 3 is 2.42 bits per heavy atom. The number of methoxy groups -OCH3 is 3. The van der Waals surface area contributed by atoms with Crippen LogP contribution in [-0.4, -0.2) is 114 Å². The summed E-state index contributed by atoms with van der Waals surface area (Å²) in [6, 6.07) is 7.40. The van der Waals surface area contributed by atoms with Crippen LogP contribution in [0.4, 0.5) is 5.69 Å². The fourth-order valence-corrected chi connectivity index (χ4v) is 11.3. The molecule has 1 amide bonds. The Hall–Kier alpha value is -3.88. The maximum atomic E-state index is 14.7. The SMILES string of the molecule is CCC1/C=C(\C)CC(C)CC(OC)C2OC(O)(C(=O)C(=O)N3CCCCC3C(=O)OC(C(C)=CC3(Nc4ccc5c(ccn5C)c4)CCCC(OC)C3)C(C)CCC1=O)C(C)CC2OC. The van der Waals surface area contributed by atoms with E-state index in [1.54, 1.807) is 28.3 Å². The number of aryl methyl sites for hydroxylation is 1. The van der Waals surface area contributed by atoms with Gasteiger partial charge in [0.05, 0.1) is 23.9 Å². The second-order valence-corrected chi connectivity index (χ2v) is 20.0.